The zero-order chi connectivity index (χ0) is 11.3. The van der Waals surface area contributed by atoms with Gasteiger partial charge in [0.05, 0.1) is 6.61 Å². The second-order valence-corrected chi connectivity index (χ2v) is 2.75. The van der Waals surface area contributed by atoms with Gasteiger partial charge in [-0.25, -0.2) is 14.8 Å². The predicted octanol–water partition coefficient (Wildman–Crippen LogP) is -0.566. The van der Waals surface area contributed by atoms with Crippen molar-refractivity contribution >= 4 is 5.97 Å². The summed E-state index contributed by atoms with van der Waals surface area (Å²) >= 11 is 0. The second-order valence-electron chi connectivity index (χ2n) is 2.75. The average molecular weight is 212 g/mol. The van der Waals surface area contributed by atoms with Crippen molar-refractivity contribution in [1.82, 2.24) is 9.97 Å². The third-order valence-electron chi connectivity index (χ3n) is 1.68. The van der Waals surface area contributed by atoms with Crippen LogP contribution in [0, 0.1) is 0 Å². The molecule has 0 saturated heterocycles. The van der Waals surface area contributed by atoms with Crippen molar-refractivity contribution in [2.24, 2.45) is 0 Å². The molecule has 0 amide bonds. The van der Waals surface area contributed by atoms with Crippen molar-refractivity contribution < 1.29 is 19.7 Å². The topological polar surface area (TPSA) is 92.5 Å². The normalized spacial score (nSPS) is 14.3. The van der Waals surface area contributed by atoms with E-state index in [-0.39, 0.29) is 12.4 Å². The highest BCUT2D eigenvalue weighted by Crippen LogP contribution is 2.12. The Kier molecular flexibility index (Phi) is 4.14. The monoisotopic (exact) mass is 212 g/mol. The van der Waals surface area contributed by atoms with Crippen LogP contribution in [-0.2, 0) is 9.53 Å². The molecule has 0 saturated carbocycles. The van der Waals surface area contributed by atoms with Crippen molar-refractivity contribution in [3.63, 3.8) is 0 Å². The number of aromatic nitrogens is 2. The third-order valence-corrected chi connectivity index (χ3v) is 1.68. The van der Waals surface area contributed by atoms with Crippen LogP contribution in [0.3, 0.4) is 0 Å². The summed E-state index contributed by atoms with van der Waals surface area (Å²) in [4.78, 5) is 18.5. The van der Waals surface area contributed by atoms with Crippen LogP contribution in [-0.4, -0.2) is 38.9 Å². The quantitative estimate of drug-likeness (QED) is 0.649. The van der Waals surface area contributed by atoms with E-state index in [1.807, 2.05) is 0 Å². The van der Waals surface area contributed by atoms with E-state index in [9.17, 15) is 15.0 Å². The summed E-state index contributed by atoms with van der Waals surface area (Å²) in [6.45, 7) is 1.74. The van der Waals surface area contributed by atoms with E-state index in [0.717, 1.165) is 0 Å². The zero-order valence-corrected chi connectivity index (χ0v) is 8.20. The summed E-state index contributed by atoms with van der Waals surface area (Å²) in [6, 6.07) is 1.56. The second kappa shape index (κ2) is 5.38. The van der Waals surface area contributed by atoms with Gasteiger partial charge in [-0.1, -0.05) is 0 Å². The summed E-state index contributed by atoms with van der Waals surface area (Å²) in [6.07, 6.45) is -0.315. The number of aliphatic hydroxyl groups is 2. The number of esters is 1. The first kappa shape index (κ1) is 11.5. The molecule has 0 aromatic carbocycles. The van der Waals surface area contributed by atoms with Gasteiger partial charge >= 0.3 is 5.97 Å². The summed E-state index contributed by atoms with van der Waals surface area (Å²) in [5.41, 5.74) is 0. The van der Waals surface area contributed by atoms with Gasteiger partial charge in [-0.05, 0) is 13.0 Å². The molecule has 0 radical (unpaired) electrons. The van der Waals surface area contributed by atoms with E-state index in [1.165, 1.54) is 12.4 Å². The lowest BCUT2D eigenvalue weighted by molar-refractivity contribution is -0.159. The van der Waals surface area contributed by atoms with Crippen LogP contribution >= 0.6 is 0 Å². The molecule has 0 fully saturated rings. The number of nitrogens with zero attached hydrogens (tertiary/aromatic N) is 2. The summed E-state index contributed by atoms with van der Waals surface area (Å²) in [7, 11) is 0. The SMILES string of the molecule is CCOC(=O)C(O)C(O)c1ncccn1. The molecule has 6 heteroatoms. The molecular formula is C9H12N2O4. The Morgan fingerprint density at radius 2 is 2.07 bits per heavy atom. The van der Waals surface area contributed by atoms with Gasteiger partial charge in [-0.3, -0.25) is 0 Å². The van der Waals surface area contributed by atoms with E-state index in [4.69, 9.17) is 0 Å². The third kappa shape index (κ3) is 2.97. The van der Waals surface area contributed by atoms with Crippen molar-refractivity contribution in [3.05, 3.63) is 24.3 Å². The smallest absolute Gasteiger partial charge is 0.338 e. The number of carbonyl (C=O) groups excluding carboxylic acids is 1. The molecule has 1 aromatic heterocycles. The van der Waals surface area contributed by atoms with E-state index < -0.39 is 18.2 Å². The molecule has 0 aliphatic rings. The maximum Gasteiger partial charge on any atom is 0.338 e. The number of rotatable bonds is 4. The van der Waals surface area contributed by atoms with Crippen LogP contribution in [0.25, 0.3) is 0 Å². The first-order chi connectivity index (χ1) is 7.16. The minimum Gasteiger partial charge on any atom is -0.464 e. The maximum atomic E-state index is 11.1. The van der Waals surface area contributed by atoms with Crippen molar-refractivity contribution in [2.45, 2.75) is 19.1 Å². The molecule has 2 N–H and O–H groups in total. The Hall–Kier alpha value is -1.53. The van der Waals surface area contributed by atoms with Crippen LogP contribution in [0.2, 0.25) is 0 Å². The fourth-order valence-electron chi connectivity index (χ4n) is 0.961. The molecule has 0 aliphatic carbocycles. The van der Waals surface area contributed by atoms with E-state index in [2.05, 4.69) is 14.7 Å². The Morgan fingerprint density at radius 3 is 2.60 bits per heavy atom. The minimum atomic E-state index is -1.66. The Balaban J connectivity index is 2.68. The maximum absolute atomic E-state index is 11.1. The minimum absolute atomic E-state index is 0.0157. The van der Waals surface area contributed by atoms with Crippen LogP contribution < -0.4 is 0 Å². The molecule has 2 unspecified atom stereocenters. The molecule has 0 bridgehead atoms. The molecule has 15 heavy (non-hydrogen) atoms. The molecular weight excluding hydrogens is 200 g/mol. The molecule has 82 valence electrons. The Morgan fingerprint density at radius 1 is 1.47 bits per heavy atom. The summed E-state index contributed by atoms with van der Waals surface area (Å²) < 4.78 is 4.54. The zero-order valence-electron chi connectivity index (χ0n) is 8.20. The van der Waals surface area contributed by atoms with Crippen LogP contribution in [0.4, 0.5) is 0 Å². The number of hydrogen-bond acceptors (Lipinski definition) is 6. The van der Waals surface area contributed by atoms with Crippen molar-refractivity contribution in [3.8, 4) is 0 Å². The molecule has 2 atom stereocenters. The van der Waals surface area contributed by atoms with Gasteiger partial charge in [-0.15, -0.1) is 0 Å². The van der Waals surface area contributed by atoms with Gasteiger partial charge in [0.15, 0.2) is 18.0 Å². The highest BCUT2D eigenvalue weighted by atomic mass is 16.5. The standard InChI is InChI=1S/C9H12N2O4/c1-2-15-9(14)7(13)6(12)8-10-4-3-5-11-8/h3-7,12-13H,2H2,1H3. The highest BCUT2D eigenvalue weighted by molar-refractivity contribution is 5.75. The average Bonchev–Trinajstić information content (AvgIpc) is 2.28. The first-order valence-corrected chi connectivity index (χ1v) is 4.46. The van der Waals surface area contributed by atoms with Gasteiger partial charge in [-0.2, -0.15) is 0 Å². The fraction of sp³-hybridized carbons (Fsp3) is 0.444. The van der Waals surface area contributed by atoms with E-state index >= 15 is 0 Å². The summed E-state index contributed by atoms with van der Waals surface area (Å²) in [5.74, 6) is -0.907. The number of aliphatic hydroxyl groups excluding tert-OH is 2. The van der Waals surface area contributed by atoms with Crippen molar-refractivity contribution in [2.75, 3.05) is 6.61 Å². The summed E-state index contributed by atoms with van der Waals surface area (Å²) in [5, 5.41) is 18.9. The largest absolute Gasteiger partial charge is 0.464 e. The Bertz CT molecular complexity index is 317. The van der Waals surface area contributed by atoms with Gasteiger partial charge in [0.25, 0.3) is 0 Å². The first-order valence-electron chi connectivity index (χ1n) is 4.46. The van der Waals surface area contributed by atoms with Crippen LogP contribution in [0.1, 0.15) is 18.9 Å². The van der Waals surface area contributed by atoms with E-state index in [0.29, 0.717) is 0 Å². The van der Waals surface area contributed by atoms with Gasteiger partial charge in [0.2, 0.25) is 0 Å². The molecule has 1 rings (SSSR count). The predicted molar refractivity (Wildman–Crippen MR) is 49.6 cm³/mol. The molecule has 1 heterocycles. The lowest BCUT2D eigenvalue weighted by Crippen LogP contribution is -2.30. The number of ether oxygens (including phenoxy) is 1. The lowest BCUT2D eigenvalue weighted by Gasteiger charge is -2.14. The molecule has 0 aliphatic heterocycles. The van der Waals surface area contributed by atoms with Gasteiger partial charge < -0.3 is 14.9 Å². The van der Waals surface area contributed by atoms with E-state index in [1.54, 1.807) is 13.0 Å². The number of hydrogen-bond donors (Lipinski definition) is 2. The van der Waals surface area contributed by atoms with Crippen LogP contribution in [0.5, 0.6) is 0 Å². The van der Waals surface area contributed by atoms with Crippen LogP contribution in [0.15, 0.2) is 18.5 Å². The fourth-order valence-corrected chi connectivity index (χ4v) is 0.961. The molecule has 0 spiro atoms. The van der Waals surface area contributed by atoms with Crippen molar-refractivity contribution in [1.29, 1.82) is 0 Å². The molecule has 6 nitrogen and oxygen atoms in total. The molecule has 1 aromatic rings. The lowest BCUT2D eigenvalue weighted by atomic mass is 10.2. The Labute approximate surface area is 86.6 Å². The highest BCUT2D eigenvalue weighted by Gasteiger charge is 2.28. The van der Waals surface area contributed by atoms with Gasteiger partial charge in [0, 0.05) is 12.4 Å². The number of carbonyl (C=O) groups is 1. The van der Waals surface area contributed by atoms with Gasteiger partial charge in [0.1, 0.15) is 0 Å².